The Morgan fingerprint density at radius 3 is 2.17 bits per heavy atom. The molecule has 1 aromatic rings. The van der Waals surface area contributed by atoms with Crippen LogP contribution >= 0.6 is 0 Å². The molecular formula is C26H34O3. The summed E-state index contributed by atoms with van der Waals surface area (Å²) in [5.74, 6) is 0.718. The van der Waals surface area contributed by atoms with E-state index >= 15 is 0 Å². The van der Waals surface area contributed by atoms with Gasteiger partial charge in [-0.1, -0.05) is 43.0 Å². The minimum atomic E-state index is -0.617. The van der Waals surface area contributed by atoms with Gasteiger partial charge >= 0.3 is 5.97 Å². The Kier molecular flexibility index (Phi) is 6.16. The van der Waals surface area contributed by atoms with E-state index in [0.29, 0.717) is 23.7 Å². The van der Waals surface area contributed by atoms with Crippen LogP contribution in [0.1, 0.15) is 81.5 Å². The molecule has 1 aromatic carbocycles. The van der Waals surface area contributed by atoms with E-state index in [9.17, 15) is 9.59 Å². The van der Waals surface area contributed by atoms with Crippen molar-refractivity contribution in [3.05, 3.63) is 51.8 Å². The fraction of sp³-hybridized carbons (Fsp3) is 0.538. The zero-order valence-electron chi connectivity index (χ0n) is 18.8. The van der Waals surface area contributed by atoms with Gasteiger partial charge in [-0.3, -0.25) is 9.59 Å². The largest absolute Gasteiger partial charge is 0.430 e. The molecule has 1 saturated carbocycles. The Bertz CT molecular complexity index is 864. The maximum atomic E-state index is 13.5. The van der Waals surface area contributed by atoms with E-state index in [0.717, 1.165) is 35.1 Å². The number of rotatable bonds is 3. The Labute approximate surface area is 175 Å². The third-order valence-electron chi connectivity index (χ3n) is 5.99. The molecule has 0 aromatic heterocycles. The summed E-state index contributed by atoms with van der Waals surface area (Å²) in [5.41, 5.74) is 4.95. The molecule has 0 saturated heterocycles. The predicted molar refractivity (Wildman–Crippen MR) is 117 cm³/mol. The molecule has 2 aliphatic carbocycles. The Morgan fingerprint density at radius 1 is 1.03 bits per heavy atom. The van der Waals surface area contributed by atoms with Crippen LogP contribution in [-0.4, -0.2) is 11.8 Å². The average molecular weight is 395 g/mol. The number of carbonyl (C=O) groups is 2. The lowest BCUT2D eigenvalue weighted by atomic mass is 9.86. The summed E-state index contributed by atoms with van der Waals surface area (Å²) in [5, 5.41) is 0. The molecule has 29 heavy (non-hydrogen) atoms. The fourth-order valence-electron chi connectivity index (χ4n) is 4.53. The maximum Gasteiger partial charge on any atom is 0.316 e. The van der Waals surface area contributed by atoms with E-state index in [1.54, 1.807) is 0 Å². The molecule has 0 aliphatic heterocycles. The summed E-state index contributed by atoms with van der Waals surface area (Å²) in [6.45, 7) is 11.6. The minimum Gasteiger partial charge on any atom is -0.430 e. The highest BCUT2D eigenvalue weighted by atomic mass is 16.5. The number of ether oxygens (including phenoxy) is 1. The molecule has 0 unspecified atom stereocenters. The number of aryl methyl sites for hydroxylation is 3. The van der Waals surface area contributed by atoms with Gasteiger partial charge in [-0.05, 0) is 77.0 Å². The fourth-order valence-corrected chi connectivity index (χ4v) is 4.53. The van der Waals surface area contributed by atoms with Crippen molar-refractivity contribution in [1.82, 2.24) is 0 Å². The van der Waals surface area contributed by atoms with Crippen LogP contribution in [0, 0.1) is 32.1 Å². The van der Waals surface area contributed by atoms with Crippen LogP contribution < -0.4 is 0 Å². The summed E-state index contributed by atoms with van der Waals surface area (Å²) >= 11 is 0. The van der Waals surface area contributed by atoms with Crippen molar-refractivity contribution in [3.63, 3.8) is 0 Å². The first kappa shape index (κ1) is 21.5. The molecule has 3 heteroatoms. The van der Waals surface area contributed by atoms with E-state index < -0.39 is 5.41 Å². The number of benzene rings is 1. The summed E-state index contributed by atoms with van der Waals surface area (Å²) in [6, 6.07) is 4.18. The molecule has 3 nitrogen and oxygen atoms in total. The Morgan fingerprint density at radius 2 is 1.62 bits per heavy atom. The van der Waals surface area contributed by atoms with Crippen LogP contribution in [0.5, 0.6) is 0 Å². The predicted octanol–water partition coefficient (Wildman–Crippen LogP) is 6.39. The number of esters is 1. The highest BCUT2D eigenvalue weighted by molar-refractivity contribution is 6.32. The number of allylic oxidation sites excluding steroid dienone is 3. The van der Waals surface area contributed by atoms with Gasteiger partial charge in [0.15, 0.2) is 5.78 Å². The summed E-state index contributed by atoms with van der Waals surface area (Å²) in [7, 11) is 0. The van der Waals surface area contributed by atoms with Gasteiger partial charge in [0, 0.05) is 12.0 Å². The van der Waals surface area contributed by atoms with Crippen LogP contribution in [0.3, 0.4) is 0 Å². The van der Waals surface area contributed by atoms with Crippen LogP contribution in [0.2, 0.25) is 0 Å². The lowest BCUT2D eigenvalue weighted by Gasteiger charge is -2.19. The molecule has 0 atom stereocenters. The van der Waals surface area contributed by atoms with Gasteiger partial charge in [0.05, 0.1) is 11.0 Å². The Balaban J connectivity index is 2.05. The van der Waals surface area contributed by atoms with Crippen molar-refractivity contribution < 1.29 is 14.3 Å². The van der Waals surface area contributed by atoms with Crippen molar-refractivity contribution in [1.29, 1.82) is 0 Å². The highest BCUT2D eigenvalue weighted by Crippen LogP contribution is 2.40. The van der Waals surface area contributed by atoms with Gasteiger partial charge in [-0.2, -0.15) is 0 Å². The molecule has 2 aliphatic rings. The van der Waals surface area contributed by atoms with Gasteiger partial charge in [-0.25, -0.2) is 0 Å². The molecule has 0 bridgehead atoms. The van der Waals surface area contributed by atoms with E-state index in [1.807, 2.05) is 34.6 Å². The zero-order valence-corrected chi connectivity index (χ0v) is 18.8. The third kappa shape index (κ3) is 4.71. The van der Waals surface area contributed by atoms with Gasteiger partial charge in [0.2, 0.25) is 0 Å². The lowest BCUT2D eigenvalue weighted by Crippen LogP contribution is -2.22. The van der Waals surface area contributed by atoms with Crippen molar-refractivity contribution >= 4 is 17.3 Å². The number of hydrogen-bond acceptors (Lipinski definition) is 3. The van der Waals surface area contributed by atoms with E-state index in [-0.39, 0.29) is 11.8 Å². The summed E-state index contributed by atoms with van der Waals surface area (Å²) in [4.78, 5) is 26.1. The van der Waals surface area contributed by atoms with Crippen LogP contribution in [0.15, 0.2) is 29.5 Å². The maximum absolute atomic E-state index is 13.5. The molecular weight excluding hydrogens is 360 g/mol. The molecule has 1 fully saturated rings. The quantitative estimate of drug-likeness (QED) is 0.440. The first-order valence-electron chi connectivity index (χ1n) is 10.9. The average Bonchev–Trinajstić information content (AvgIpc) is 2.90. The van der Waals surface area contributed by atoms with Crippen molar-refractivity contribution in [2.45, 2.75) is 80.1 Å². The lowest BCUT2D eigenvalue weighted by molar-refractivity contribution is -0.148. The molecule has 0 N–H and O–H groups in total. The van der Waals surface area contributed by atoms with Crippen LogP contribution in [0.4, 0.5) is 0 Å². The smallest absolute Gasteiger partial charge is 0.316 e. The monoisotopic (exact) mass is 394 g/mol. The summed E-state index contributed by atoms with van der Waals surface area (Å²) in [6.07, 6.45) is 8.61. The molecule has 0 heterocycles. The standard InChI is InChI=1S/C26H34O3/c1-16-12-17(2)22(18(3)13-16)23-21(29-25(28)26(4,5)6)15-20(24(23)27)14-19-10-8-7-9-11-19/h12-14,19H,7-11,15H2,1-6H3. The van der Waals surface area contributed by atoms with Crippen molar-refractivity contribution in [2.24, 2.45) is 11.3 Å². The van der Waals surface area contributed by atoms with Gasteiger partial charge < -0.3 is 4.74 Å². The number of hydrogen-bond donors (Lipinski definition) is 0. The zero-order chi connectivity index (χ0) is 21.3. The van der Waals surface area contributed by atoms with Gasteiger partial charge in [0.1, 0.15) is 5.76 Å². The van der Waals surface area contributed by atoms with Crippen molar-refractivity contribution in [3.8, 4) is 0 Å². The van der Waals surface area contributed by atoms with Crippen LogP contribution in [0.25, 0.3) is 5.57 Å². The molecule has 156 valence electrons. The van der Waals surface area contributed by atoms with E-state index in [1.165, 1.54) is 24.8 Å². The SMILES string of the molecule is Cc1cc(C)c(C2=C(OC(=O)C(C)(C)C)CC(=CC3CCCCC3)C2=O)c(C)c1. The second kappa shape index (κ2) is 8.30. The summed E-state index contributed by atoms with van der Waals surface area (Å²) < 4.78 is 5.85. The first-order chi connectivity index (χ1) is 13.6. The second-order valence-corrected chi connectivity index (χ2v) is 9.81. The number of ketones is 1. The molecule has 0 radical (unpaired) electrons. The molecule has 0 amide bonds. The minimum absolute atomic E-state index is 0.0299. The second-order valence-electron chi connectivity index (χ2n) is 9.81. The van der Waals surface area contributed by atoms with E-state index in [2.05, 4.69) is 25.1 Å². The van der Waals surface area contributed by atoms with Gasteiger partial charge in [-0.15, -0.1) is 0 Å². The highest BCUT2D eigenvalue weighted by Gasteiger charge is 2.36. The normalized spacial score (nSPS) is 19.9. The first-order valence-corrected chi connectivity index (χ1v) is 10.9. The third-order valence-corrected chi connectivity index (χ3v) is 5.99. The molecule has 3 rings (SSSR count). The number of carbonyl (C=O) groups excluding carboxylic acids is 2. The van der Waals surface area contributed by atoms with E-state index in [4.69, 9.17) is 4.74 Å². The molecule has 0 spiro atoms. The topological polar surface area (TPSA) is 43.4 Å². The number of Topliss-reactive ketones (excluding diaryl/α,β-unsaturated/α-hetero) is 1. The van der Waals surface area contributed by atoms with Crippen LogP contribution in [-0.2, 0) is 14.3 Å². The van der Waals surface area contributed by atoms with Crippen molar-refractivity contribution in [2.75, 3.05) is 0 Å². The van der Waals surface area contributed by atoms with Gasteiger partial charge in [0.25, 0.3) is 0 Å². The Hall–Kier alpha value is -2.16.